The number of benzene rings is 4. The lowest BCUT2D eigenvalue weighted by Crippen LogP contribution is -2.50. The highest BCUT2D eigenvalue weighted by Crippen LogP contribution is 2.26. The molecule has 6 nitrogen and oxygen atoms in total. The molecule has 4 aromatic rings. The molecule has 0 heterocycles. The number of nitrogens with one attached hydrogen (secondary N) is 2. The first-order chi connectivity index (χ1) is 17.5. The molecule has 36 heavy (non-hydrogen) atoms. The molecule has 0 saturated heterocycles. The van der Waals surface area contributed by atoms with E-state index in [2.05, 4.69) is 15.8 Å². The van der Waals surface area contributed by atoms with Gasteiger partial charge >= 0.3 is 0 Å². The fourth-order valence-electron chi connectivity index (χ4n) is 4.21. The molecule has 0 fully saturated rings. The summed E-state index contributed by atoms with van der Waals surface area (Å²) in [6, 6.07) is 29.2. The Kier molecular flexibility index (Phi) is 7.75. The van der Waals surface area contributed by atoms with Crippen LogP contribution in [0.5, 0.6) is 5.75 Å². The normalized spacial score (nSPS) is 12.2. The van der Waals surface area contributed by atoms with Crippen LogP contribution in [0.2, 0.25) is 0 Å². The van der Waals surface area contributed by atoms with Crippen LogP contribution in [0.3, 0.4) is 0 Å². The Labute approximate surface area is 210 Å². The number of rotatable bonds is 8. The maximum absolute atomic E-state index is 13.5. The third-order valence-corrected chi connectivity index (χ3v) is 6.09. The van der Waals surface area contributed by atoms with Crippen LogP contribution < -0.4 is 10.7 Å². The second-order valence-corrected chi connectivity index (χ2v) is 8.94. The van der Waals surface area contributed by atoms with Gasteiger partial charge in [0, 0.05) is 5.56 Å². The van der Waals surface area contributed by atoms with Gasteiger partial charge in [0.05, 0.1) is 12.1 Å². The van der Waals surface area contributed by atoms with Gasteiger partial charge < -0.3 is 10.4 Å². The summed E-state index contributed by atoms with van der Waals surface area (Å²) < 4.78 is 0. The SMILES string of the molecule is CC(C)C(NC(=O)C(c1ccccc1)c1ccccc1)C(=O)N/N=C/c1c(O)ccc2ccccc12. The molecule has 4 rings (SSSR count). The van der Waals surface area contributed by atoms with E-state index in [0.717, 1.165) is 21.9 Å². The van der Waals surface area contributed by atoms with Crippen molar-refractivity contribution in [3.8, 4) is 5.75 Å². The lowest BCUT2D eigenvalue weighted by atomic mass is 9.89. The van der Waals surface area contributed by atoms with E-state index in [1.165, 1.54) is 6.21 Å². The number of aromatic hydroxyl groups is 1. The molecular formula is C30H29N3O3. The molecular weight excluding hydrogens is 450 g/mol. The van der Waals surface area contributed by atoms with Crippen molar-refractivity contribution in [3.05, 3.63) is 114 Å². The van der Waals surface area contributed by atoms with Crippen LogP contribution in [-0.2, 0) is 9.59 Å². The van der Waals surface area contributed by atoms with Crippen molar-refractivity contribution in [3.63, 3.8) is 0 Å². The molecule has 182 valence electrons. The molecule has 2 amide bonds. The minimum absolute atomic E-state index is 0.0639. The van der Waals surface area contributed by atoms with Crippen LogP contribution in [0.25, 0.3) is 10.8 Å². The Morgan fingerprint density at radius 3 is 1.97 bits per heavy atom. The molecule has 0 aliphatic heterocycles. The smallest absolute Gasteiger partial charge is 0.262 e. The molecule has 3 N–H and O–H groups in total. The van der Waals surface area contributed by atoms with Gasteiger partial charge in [-0.25, -0.2) is 5.43 Å². The monoisotopic (exact) mass is 479 g/mol. The molecule has 0 spiro atoms. The lowest BCUT2D eigenvalue weighted by molar-refractivity contribution is -0.130. The molecule has 6 heteroatoms. The number of nitrogens with zero attached hydrogens (tertiary/aromatic N) is 1. The van der Waals surface area contributed by atoms with Gasteiger partial charge in [-0.15, -0.1) is 0 Å². The van der Waals surface area contributed by atoms with E-state index in [1.807, 2.05) is 105 Å². The summed E-state index contributed by atoms with van der Waals surface area (Å²) in [7, 11) is 0. The first-order valence-corrected chi connectivity index (χ1v) is 11.9. The van der Waals surface area contributed by atoms with Crippen LogP contribution >= 0.6 is 0 Å². The molecule has 0 bridgehead atoms. The van der Waals surface area contributed by atoms with Crippen molar-refractivity contribution >= 4 is 28.8 Å². The van der Waals surface area contributed by atoms with Gasteiger partial charge in [0.15, 0.2) is 0 Å². The largest absolute Gasteiger partial charge is 0.507 e. The lowest BCUT2D eigenvalue weighted by Gasteiger charge is -2.24. The zero-order chi connectivity index (χ0) is 25.5. The number of hydrogen-bond donors (Lipinski definition) is 3. The van der Waals surface area contributed by atoms with E-state index in [1.54, 1.807) is 6.07 Å². The van der Waals surface area contributed by atoms with Crippen LogP contribution in [0.4, 0.5) is 0 Å². The molecule has 4 aromatic carbocycles. The van der Waals surface area contributed by atoms with Crippen molar-refractivity contribution in [1.82, 2.24) is 10.7 Å². The Bertz CT molecular complexity index is 1330. The maximum atomic E-state index is 13.5. The molecule has 1 atom stereocenters. The zero-order valence-electron chi connectivity index (χ0n) is 20.3. The average Bonchev–Trinajstić information content (AvgIpc) is 2.89. The maximum Gasteiger partial charge on any atom is 0.262 e. The van der Waals surface area contributed by atoms with E-state index in [0.29, 0.717) is 5.56 Å². The van der Waals surface area contributed by atoms with Gasteiger partial charge in [0.2, 0.25) is 5.91 Å². The van der Waals surface area contributed by atoms with Gasteiger partial charge in [-0.2, -0.15) is 5.10 Å². The number of fused-ring (bicyclic) bond motifs is 1. The van der Waals surface area contributed by atoms with E-state index in [9.17, 15) is 14.7 Å². The summed E-state index contributed by atoms with van der Waals surface area (Å²) in [5, 5.41) is 19.1. The molecule has 0 saturated carbocycles. The predicted molar refractivity (Wildman–Crippen MR) is 143 cm³/mol. The highest BCUT2D eigenvalue weighted by molar-refractivity contribution is 6.02. The average molecular weight is 480 g/mol. The van der Waals surface area contributed by atoms with Crippen LogP contribution in [0.1, 0.15) is 36.5 Å². The second kappa shape index (κ2) is 11.3. The summed E-state index contributed by atoms with van der Waals surface area (Å²) in [6.07, 6.45) is 1.42. The number of hydrazone groups is 1. The van der Waals surface area contributed by atoms with Crippen molar-refractivity contribution in [2.24, 2.45) is 11.0 Å². The summed E-state index contributed by atoms with van der Waals surface area (Å²) in [5.41, 5.74) is 4.72. The van der Waals surface area contributed by atoms with Crippen LogP contribution in [-0.4, -0.2) is 29.2 Å². The van der Waals surface area contributed by atoms with Crippen molar-refractivity contribution in [2.75, 3.05) is 0 Å². The first-order valence-electron chi connectivity index (χ1n) is 11.9. The number of carbonyl (C=O) groups is 2. The standard InChI is InChI=1S/C30H29N3O3/c1-20(2)28(30(36)33-31-19-25-24-16-10-9-11-21(24)17-18-26(25)34)32-29(35)27(22-12-5-3-6-13-22)23-14-7-4-8-15-23/h3-20,27-28,34H,1-2H3,(H,32,35)(H,33,36)/b31-19+. The Hall–Kier alpha value is -4.45. The number of phenolic OH excluding ortho intramolecular Hbond substituents is 1. The Morgan fingerprint density at radius 2 is 1.36 bits per heavy atom. The second-order valence-electron chi connectivity index (χ2n) is 8.94. The van der Waals surface area contributed by atoms with Crippen molar-refractivity contribution < 1.29 is 14.7 Å². The fraction of sp³-hybridized carbons (Fsp3) is 0.167. The fourth-order valence-corrected chi connectivity index (χ4v) is 4.21. The van der Waals surface area contributed by atoms with E-state index >= 15 is 0 Å². The Morgan fingerprint density at radius 1 is 0.778 bits per heavy atom. The van der Waals surface area contributed by atoms with Crippen LogP contribution in [0, 0.1) is 5.92 Å². The van der Waals surface area contributed by atoms with E-state index < -0.39 is 17.9 Å². The summed E-state index contributed by atoms with van der Waals surface area (Å²) in [6.45, 7) is 3.73. The zero-order valence-corrected chi connectivity index (χ0v) is 20.3. The quantitative estimate of drug-likeness (QED) is 0.246. The number of amides is 2. The van der Waals surface area contributed by atoms with Crippen LogP contribution in [0.15, 0.2) is 102 Å². The topological polar surface area (TPSA) is 90.8 Å². The summed E-state index contributed by atoms with van der Waals surface area (Å²) in [4.78, 5) is 26.5. The summed E-state index contributed by atoms with van der Waals surface area (Å²) in [5.74, 6) is -1.38. The number of phenols is 1. The van der Waals surface area contributed by atoms with Gasteiger partial charge in [-0.05, 0) is 33.9 Å². The van der Waals surface area contributed by atoms with E-state index in [4.69, 9.17) is 0 Å². The third kappa shape index (κ3) is 5.61. The van der Waals surface area contributed by atoms with Gasteiger partial charge in [-0.1, -0.05) is 105 Å². The third-order valence-electron chi connectivity index (χ3n) is 6.09. The minimum atomic E-state index is -0.800. The first kappa shape index (κ1) is 24.7. The van der Waals surface area contributed by atoms with Crippen molar-refractivity contribution in [2.45, 2.75) is 25.8 Å². The number of hydrogen-bond acceptors (Lipinski definition) is 4. The minimum Gasteiger partial charge on any atom is -0.507 e. The van der Waals surface area contributed by atoms with Gasteiger partial charge in [0.25, 0.3) is 5.91 Å². The Balaban J connectivity index is 1.53. The van der Waals surface area contributed by atoms with E-state index in [-0.39, 0.29) is 17.6 Å². The van der Waals surface area contributed by atoms with Gasteiger partial charge in [-0.3, -0.25) is 9.59 Å². The molecule has 0 aliphatic carbocycles. The van der Waals surface area contributed by atoms with Crippen molar-refractivity contribution in [1.29, 1.82) is 0 Å². The molecule has 0 radical (unpaired) electrons. The highest BCUT2D eigenvalue weighted by atomic mass is 16.3. The van der Waals surface area contributed by atoms with Gasteiger partial charge in [0.1, 0.15) is 11.8 Å². The number of carbonyl (C=O) groups excluding carboxylic acids is 2. The highest BCUT2D eigenvalue weighted by Gasteiger charge is 2.29. The molecule has 1 unspecified atom stereocenters. The predicted octanol–water partition coefficient (Wildman–Crippen LogP) is 4.97. The summed E-state index contributed by atoms with van der Waals surface area (Å²) >= 11 is 0. The molecule has 0 aliphatic rings. The molecule has 0 aromatic heterocycles.